The Balaban J connectivity index is 1.59. The van der Waals surface area contributed by atoms with Crippen molar-refractivity contribution in [3.05, 3.63) is 94.1 Å². The Labute approximate surface area is 189 Å². The van der Waals surface area contributed by atoms with Gasteiger partial charge in [-0.15, -0.1) is 0 Å². The van der Waals surface area contributed by atoms with Gasteiger partial charge in [0, 0.05) is 27.5 Å². The molecule has 1 unspecified atom stereocenters. The molecule has 3 aliphatic carbocycles. The highest BCUT2D eigenvalue weighted by atomic mass is 16.3. The first kappa shape index (κ1) is 18.5. The molecule has 1 nitrogen and oxygen atoms in total. The summed E-state index contributed by atoms with van der Waals surface area (Å²) in [5.41, 5.74) is 13.7. The minimum atomic E-state index is -0.0245. The second-order valence-electron chi connectivity index (χ2n) is 11.0. The lowest BCUT2D eigenvalue weighted by molar-refractivity contribution is 0.610. The Morgan fingerprint density at radius 1 is 0.844 bits per heavy atom. The molecule has 0 spiro atoms. The smallest absolute Gasteiger partial charge is 0.136 e. The average molecular weight is 417 g/mol. The van der Waals surface area contributed by atoms with E-state index in [1.54, 1.807) is 5.57 Å². The van der Waals surface area contributed by atoms with Crippen LogP contribution < -0.4 is 0 Å². The van der Waals surface area contributed by atoms with Crippen molar-refractivity contribution in [1.29, 1.82) is 0 Å². The second kappa shape index (κ2) is 5.64. The summed E-state index contributed by atoms with van der Waals surface area (Å²) in [5.74, 6) is 0.517. The third-order valence-corrected chi connectivity index (χ3v) is 8.55. The van der Waals surface area contributed by atoms with Gasteiger partial charge in [-0.1, -0.05) is 81.3 Å². The Bertz CT molecular complexity index is 1550. The summed E-state index contributed by atoms with van der Waals surface area (Å²) >= 11 is 0. The first-order chi connectivity index (χ1) is 15.3. The summed E-state index contributed by atoms with van der Waals surface area (Å²) in [6.07, 6.45) is 5.98. The zero-order valence-corrected chi connectivity index (χ0v) is 19.5. The molecule has 1 aromatic heterocycles. The lowest BCUT2D eigenvalue weighted by Gasteiger charge is -2.26. The number of fused-ring (bicyclic) bond motifs is 10. The van der Waals surface area contributed by atoms with Crippen LogP contribution in [0.15, 0.2) is 76.2 Å². The van der Waals surface area contributed by atoms with Crippen molar-refractivity contribution < 1.29 is 4.42 Å². The number of allylic oxidation sites excluding steroid dienone is 4. The van der Waals surface area contributed by atoms with Crippen molar-refractivity contribution in [1.82, 2.24) is 0 Å². The molecule has 0 aliphatic heterocycles. The first-order valence-corrected chi connectivity index (χ1v) is 11.8. The average Bonchev–Trinajstić information content (AvgIpc) is 3.33. The van der Waals surface area contributed by atoms with Crippen LogP contribution in [0.1, 0.15) is 69.2 Å². The maximum Gasteiger partial charge on any atom is 0.136 e. The molecule has 1 heterocycles. The van der Waals surface area contributed by atoms with Gasteiger partial charge >= 0.3 is 0 Å². The Morgan fingerprint density at radius 3 is 2.50 bits per heavy atom. The standard InChI is InChI=1S/C31H28O/c1-17-10-11-18-20-15-25-21(16-24(20)31(4,5)23(18)14-17)28-22(30(25,2)3)12-13-27-29(28)19-8-6-7-9-26(19)32-27/h6-10,12-16,18H,11H2,1-5H3. The van der Waals surface area contributed by atoms with E-state index >= 15 is 0 Å². The molecule has 1 heteroatoms. The summed E-state index contributed by atoms with van der Waals surface area (Å²) in [5, 5.41) is 2.49. The van der Waals surface area contributed by atoms with Gasteiger partial charge in [-0.25, -0.2) is 0 Å². The third kappa shape index (κ3) is 2.05. The zero-order valence-electron chi connectivity index (χ0n) is 19.5. The first-order valence-electron chi connectivity index (χ1n) is 11.8. The van der Waals surface area contributed by atoms with Crippen LogP contribution in [0.5, 0.6) is 0 Å². The van der Waals surface area contributed by atoms with Crippen LogP contribution in [0.2, 0.25) is 0 Å². The molecule has 32 heavy (non-hydrogen) atoms. The summed E-state index contributed by atoms with van der Waals surface area (Å²) in [6.45, 7) is 11.8. The lowest BCUT2D eigenvalue weighted by Crippen LogP contribution is -2.18. The molecule has 0 amide bonds. The Kier molecular flexibility index (Phi) is 3.26. The van der Waals surface area contributed by atoms with Gasteiger partial charge in [0.2, 0.25) is 0 Å². The molecular formula is C31H28O. The van der Waals surface area contributed by atoms with Gasteiger partial charge < -0.3 is 4.42 Å². The number of rotatable bonds is 0. The van der Waals surface area contributed by atoms with E-state index in [9.17, 15) is 0 Å². The van der Waals surface area contributed by atoms with Crippen molar-refractivity contribution in [2.24, 2.45) is 0 Å². The normalized spacial score (nSPS) is 21.7. The van der Waals surface area contributed by atoms with E-state index in [1.807, 2.05) is 0 Å². The summed E-state index contributed by atoms with van der Waals surface area (Å²) in [4.78, 5) is 0. The van der Waals surface area contributed by atoms with Gasteiger partial charge in [0.15, 0.2) is 0 Å². The quantitative estimate of drug-likeness (QED) is 0.280. The number of benzene rings is 3. The summed E-state index contributed by atoms with van der Waals surface area (Å²) in [6, 6.07) is 18.0. The lowest BCUT2D eigenvalue weighted by atomic mass is 9.77. The van der Waals surface area contributed by atoms with Gasteiger partial charge in [0.25, 0.3) is 0 Å². The summed E-state index contributed by atoms with van der Waals surface area (Å²) < 4.78 is 6.27. The Morgan fingerprint density at radius 2 is 1.66 bits per heavy atom. The van der Waals surface area contributed by atoms with Crippen LogP contribution in [-0.2, 0) is 10.8 Å². The van der Waals surface area contributed by atoms with Gasteiger partial charge in [-0.3, -0.25) is 0 Å². The topological polar surface area (TPSA) is 13.1 Å². The van der Waals surface area contributed by atoms with Gasteiger partial charge in [0.05, 0.1) is 0 Å². The number of hydrogen-bond donors (Lipinski definition) is 0. The number of hydrogen-bond acceptors (Lipinski definition) is 1. The molecule has 0 bridgehead atoms. The minimum absolute atomic E-state index is 0.0245. The van der Waals surface area contributed by atoms with Gasteiger partial charge in [-0.05, 0) is 64.9 Å². The number of para-hydroxylation sites is 1. The van der Waals surface area contributed by atoms with Gasteiger partial charge in [-0.2, -0.15) is 0 Å². The van der Waals surface area contributed by atoms with E-state index < -0.39 is 0 Å². The third-order valence-electron chi connectivity index (χ3n) is 8.55. The monoisotopic (exact) mass is 416 g/mol. The van der Waals surface area contributed by atoms with Crippen molar-refractivity contribution in [2.45, 2.75) is 57.8 Å². The highest BCUT2D eigenvalue weighted by Crippen LogP contribution is 2.59. The highest BCUT2D eigenvalue weighted by Gasteiger charge is 2.45. The van der Waals surface area contributed by atoms with E-state index in [4.69, 9.17) is 4.42 Å². The maximum atomic E-state index is 6.27. The van der Waals surface area contributed by atoms with E-state index in [1.165, 1.54) is 49.7 Å². The summed E-state index contributed by atoms with van der Waals surface area (Å²) in [7, 11) is 0. The van der Waals surface area contributed by atoms with Gasteiger partial charge in [0.1, 0.15) is 11.2 Å². The van der Waals surface area contributed by atoms with Crippen molar-refractivity contribution in [3.63, 3.8) is 0 Å². The highest BCUT2D eigenvalue weighted by molar-refractivity contribution is 6.15. The van der Waals surface area contributed by atoms with E-state index in [0.717, 1.165) is 17.6 Å². The van der Waals surface area contributed by atoms with Crippen LogP contribution in [0, 0.1) is 0 Å². The predicted molar refractivity (Wildman–Crippen MR) is 134 cm³/mol. The Hall–Kier alpha value is -3.06. The van der Waals surface area contributed by atoms with Crippen molar-refractivity contribution in [2.75, 3.05) is 0 Å². The molecule has 7 rings (SSSR count). The van der Waals surface area contributed by atoms with Crippen LogP contribution in [0.3, 0.4) is 0 Å². The van der Waals surface area contributed by atoms with E-state index in [2.05, 4.69) is 95.3 Å². The van der Waals surface area contributed by atoms with Crippen LogP contribution >= 0.6 is 0 Å². The molecule has 0 saturated carbocycles. The fourth-order valence-corrected chi connectivity index (χ4v) is 6.83. The van der Waals surface area contributed by atoms with E-state index in [0.29, 0.717) is 5.92 Å². The fourth-order valence-electron chi connectivity index (χ4n) is 6.83. The second-order valence-corrected chi connectivity index (χ2v) is 11.0. The molecule has 3 aromatic carbocycles. The molecule has 158 valence electrons. The fraction of sp³-hybridized carbons (Fsp3) is 0.290. The molecule has 0 saturated heterocycles. The van der Waals surface area contributed by atoms with Crippen LogP contribution in [-0.4, -0.2) is 0 Å². The molecule has 4 aromatic rings. The van der Waals surface area contributed by atoms with Crippen molar-refractivity contribution >= 4 is 21.9 Å². The van der Waals surface area contributed by atoms with Crippen LogP contribution in [0.25, 0.3) is 33.1 Å². The molecule has 0 N–H and O–H groups in total. The molecule has 1 atom stereocenters. The molecular weight excluding hydrogens is 388 g/mol. The number of furan rings is 1. The minimum Gasteiger partial charge on any atom is -0.456 e. The molecule has 0 fully saturated rings. The van der Waals surface area contributed by atoms with Crippen LogP contribution in [0.4, 0.5) is 0 Å². The predicted octanol–water partition coefficient (Wildman–Crippen LogP) is 8.54. The molecule has 3 aliphatic rings. The molecule has 0 radical (unpaired) electrons. The van der Waals surface area contributed by atoms with Crippen molar-refractivity contribution in [3.8, 4) is 11.1 Å². The van der Waals surface area contributed by atoms with E-state index in [-0.39, 0.29) is 10.8 Å². The SMILES string of the molecule is CC1=CCC2C(=C1)C(C)(C)c1cc3c(cc12)C(C)(C)c1ccc2oc4ccccc4c2c1-3. The maximum absolute atomic E-state index is 6.27. The zero-order chi connectivity index (χ0) is 22.0. The largest absolute Gasteiger partial charge is 0.456 e.